The molecule has 19 heavy (non-hydrogen) atoms. The van der Waals surface area contributed by atoms with Gasteiger partial charge in [-0.2, -0.15) is 0 Å². The maximum Gasteiger partial charge on any atom is 0.135 e. The minimum atomic E-state index is -1.17. The molecule has 1 heterocycles. The molecule has 0 amide bonds. The molecule has 6 heteroatoms. The standard InChI is InChI=1S/C13H24N4O2/c1-5-14-11-10(9(2)3)12(17-8-16-11)15-6-13(4,19)7-18/h8-9,18-19H,5-7H2,1-4H3,(H2,14,15,16,17). The average molecular weight is 268 g/mol. The number of hydrogen-bond donors (Lipinski definition) is 4. The van der Waals surface area contributed by atoms with E-state index in [2.05, 4.69) is 34.4 Å². The fourth-order valence-electron chi connectivity index (χ4n) is 1.72. The van der Waals surface area contributed by atoms with E-state index >= 15 is 0 Å². The van der Waals surface area contributed by atoms with Crippen LogP contribution in [0.15, 0.2) is 6.33 Å². The number of anilines is 2. The molecule has 0 radical (unpaired) electrons. The van der Waals surface area contributed by atoms with E-state index in [1.807, 2.05) is 6.92 Å². The van der Waals surface area contributed by atoms with E-state index in [9.17, 15) is 5.11 Å². The van der Waals surface area contributed by atoms with Crippen molar-refractivity contribution < 1.29 is 10.2 Å². The van der Waals surface area contributed by atoms with Gasteiger partial charge in [0.1, 0.15) is 23.6 Å². The zero-order valence-corrected chi connectivity index (χ0v) is 12.1. The Balaban J connectivity index is 2.96. The van der Waals surface area contributed by atoms with Crippen LogP contribution in [0.1, 0.15) is 39.2 Å². The Bertz CT molecular complexity index is 408. The molecular weight excluding hydrogens is 244 g/mol. The highest BCUT2D eigenvalue weighted by molar-refractivity contribution is 5.59. The smallest absolute Gasteiger partial charge is 0.135 e. The Hall–Kier alpha value is -1.40. The summed E-state index contributed by atoms with van der Waals surface area (Å²) in [7, 11) is 0. The number of aromatic nitrogens is 2. The first-order valence-electron chi connectivity index (χ1n) is 6.57. The fraction of sp³-hybridized carbons (Fsp3) is 0.692. The lowest BCUT2D eigenvalue weighted by atomic mass is 10.0. The van der Waals surface area contributed by atoms with E-state index in [-0.39, 0.29) is 19.1 Å². The van der Waals surface area contributed by atoms with Crippen molar-refractivity contribution in [2.24, 2.45) is 0 Å². The summed E-state index contributed by atoms with van der Waals surface area (Å²) in [5.41, 5.74) is -0.185. The molecule has 0 aliphatic rings. The van der Waals surface area contributed by atoms with E-state index in [1.165, 1.54) is 6.33 Å². The minimum absolute atomic E-state index is 0.228. The molecule has 1 unspecified atom stereocenters. The van der Waals surface area contributed by atoms with Crippen LogP contribution in [-0.4, -0.2) is 45.5 Å². The lowest BCUT2D eigenvalue weighted by molar-refractivity contribution is 0.0131. The summed E-state index contributed by atoms with van der Waals surface area (Å²) < 4.78 is 0. The number of nitrogens with zero attached hydrogens (tertiary/aromatic N) is 2. The molecule has 0 spiro atoms. The lowest BCUT2D eigenvalue weighted by Gasteiger charge is -2.23. The zero-order chi connectivity index (χ0) is 14.5. The highest BCUT2D eigenvalue weighted by Gasteiger charge is 2.21. The van der Waals surface area contributed by atoms with E-state index in [4.69, 9.17) is 5.11 Å². The Morgan fingerprint density at radius 3 is 2.32 bits per heavy atom. The highest BCUT2D eigenvalue weighted by atomic mass is 16.3. The van der Waals surface area contributed by atoms with Crippen molar-refractivity contribution in [2.75, 3.05) is 30.3 Å². The largest absolute Gasteiger partial charge is 0.393 e. The molecule has 0 aromatic carbocycles. The Morgan fingerprint density at radius 2 is 1.84 bits per heavy atom. The van der Waals surface area contributed by atoms with Gasteiger partial charge in [0.25, 0.3) is 0 Å². The van der Waals surface area contributed by atoms with Crippen LogP contribution in [0.3, 0.4) is 0 Å². The number of rotatable bonds is 7. The molecule has 6 nitrogen and oxygen atoms in total. The lowest BCUT2D eigenvalue weighted by Crippen LogP contribution is -2.37. The molecule has 1 rings (SSSR count). The third-order valence-electron chi connectivity index (χ3n) is 2.78. The van der Waals surface area contributed by atoms with Crippen LogP contribution < -0.4 is 10.6 Å². The predicted molar refractivity (Wildman–Crippen MR) is 76.5 cm³/mol. The number of hydrogen-bond acceptors (Lipinski definition) is 6. The van der Waals surface area contributed by atoms with Crippen LogP contribution >= 0.6 is 0 Å². The molecule has 0 fully saturated rings. The van der Waals surface area contributed by atoms with Gasteiger partial charge < -0.3 is 20.8 Å². The van der Waals surface area contributed by atoms with Crippen LogP contribution in [0, 0.1) is 0 Å². The van der Waals surface area contributed by atoms with Gasteiger partial charge in [-0.1, -0.05) is 13.8 Å². The summed E-state index contributed by atoms with van der Waals surface area (Å²) in [4.78, 5) is 8.47. The van der Waals surface area contributed by atoms with Gasteiger partial charge in [-0.05, 0) is 19.8 Å². The van der Waals surface area contributed by atoms with Crippen LogP contribution in [0.5, 0.6) is 0 Å². The molecule has 0 bridgehead atoms. The molecule has 1 aromatic heterocycles. The number of nitrogens with one attached hydrogen (secondary N) is 2. The van der Waals surface area contributed by atoms with Gasteiger partial charge >= 0.3 is 0 Å². The summed E-state index contributed by atoms with van der Waals surface area (Å²) in [6.07, 6.45) is 1.49. The second-order valence-corrected chi connectivity index (χ2v) is 5.18. The van der Waals surface area contributed by atoms with Gasteiger partial charge in [-0.3, -0.25) is 0 Å². The van der Waals surface area contributed by atoms with Crippen LogP contribution in [0.2, 0.25) is 0 Å². The van der Waals surface area contributed by atoms with E-state index in [1.54, 1.807) is 6.92 Å². The van der Waals surface area contributed by atoms with Gasteiger partial charge in [0.15, 0.2) is 0 Å². The van der Waals surface area contributed by atoms with Crippen molar-refractivity contribution in [1.82, 2.24) is 9.97 Å². The monoisotopic (exact) mass is 268 g/mol. The minimum Gasteiger partial charge on any atom is -0.393 e. The first-order chi connectivity index (χ1) is 8.91. The molecule has 1 atom stereocenters. The molecule has 0 saturated carbocycles. The molecule has 0 aliphatic carbocycles. The van der Waals surface area contributed by atoms with Gasteiger partial charge in [0.05, 0.1) is 6.61 Å². The third-order valence-corrected chi connectivity index (χ3v) is 2.78. The Morgan fingerprint density at radius 1 is 1.26 bits per heavy atom. The number of aliphatic hydroxyl groups excluding tert-OH is 1. The van der Waals surface area contributed by atoms with Gasteiger partial charge in [-0.15, -0.1) is 0 Å². The second kappa shape index (κ2) is 6.68. The average Bonchev–Trinajstić information content (AvgIpc) is 2.36. The Kier molecular flexibility index (Phi) is 5.50. The van der Waals surface area contributed by atoms with Crippen LogP contribution in [-0.2, 0) is 0 Å². The molecule has 4 N–H and O–H groups in total. The summed E-state index contributed by atoms with van der Waals surface area (Å²) in [6, 6.07) is 0. The fourth-order valence-corrected chi connectivity index (χ4v) is 1.72. The summed E-state index contributed by atoms with van der Waals surface area (Å²) >= 11 is 0. The molecule has 0 saturated heterocycles. The zero-order valence-electron chi connectivity index (χ0n) is 12.1. The first kappa shape index (κ1) is 15.7. The number of aliphatic hydroxyl groups is 2. The Labute approximate surface area is 114 Å². The SMILES string of the molecule is CCNc1ncnc(NCC(C)(O)CO)c1C(C)C. The van der Waals surface area contributed by atoms with Crippen molar-refractivity contribution >= 4 is 11.6 Å². The maximum absolute atomic E-state index is 9.82. The normalized spacial score (nSPS) is 14.3. The van der Waals surface area contributed by atoms with E-state index < -0.39 is 5.60 Å². The van der Waals surface area contributed by atoms with Crippen molar-refractivity contribution in [2.45, 2.75) is 39.2 Å². The first-order valence-corrected chi connectivity index (χ1v) is 6.57. The van der Waals surface area contributed by atoms with E-state index in [0.717, 1.165) is 17.9 Å². The van der Waals surface area contributed by atoms with E-state index in [0.29, 0.717) is 5.82 Å². The quantitative estimate of drug-likeness (QED) is 0.594. The van der Waals surface area contributed by atoms with Crippen molar-refractivity contribution in [3.05, 3.63) is 11.9 Å². The molecular formula is C13H24N4O2. The highest BCUT2D eigenvalue weighted by Crippen LogP contribution is 2.28. The maximum atomic E-state index is 9.82. The van der Waals surface area contributed by atoms with Gasteiger partial charge in [0, 0.05) is 18.7 Å². The summed E-state index contributed by atoms with van der Waals surface area (Å²) in [5.74, 6) is 1.74. The van der Waals surface area contributed by atoms with Gasteiger partial charge in [0.2, 0.25) is 0 Å². The van der Waals surface area contributed by atoms with Gasteiger partial charge in [-0.25, -0.2) is 9.97 Å². The summed E-state index contributed by atoms with van der Waals surface area (Å²) in [6.45, 7) is 8.42. The van der Waals surface area contributed by atoms with Crippen molar-refractivity contribution in [3.8, 4) is 0 Å². The predicted octanol–water partition coefficient (Wildman–Crippen LogP) is 1.19. The molecule has 0 aliphatic heterocycles. The van der Waals surface area contributed by atoms with Crippen molar-refractivity contribution in [1.29, 1.82) is 0 Å². The summed E-state index contributed by atoms with van der Waals surface area (Å²) in [5, 5.41) is 25.2. The second-order valence-electron chi connectivity index (χ2n) is 5.18. The van der Waals surface area contributed by atoms with Crippen LogP contribution in [0.4, 0.5) is 11.6 Å². The van der Waals surface area contributed by atoms with Crippen molar-refractivity contribution in [3.63, 3.8) is 0 Å². The topological polar surface area (TPSA) is 90.3 Å². The molecule has 108 valence electrons. The molecule has 1 aromatic rings. The third kappa shape index (κ3) is 4.33. The van der Waals surface area contributed by atoms with Crippen LogP contribution in [0.25, 0.3) is 0 Å².